The van der Waals surface area contributed by atoms with Gasteiger partial charge in [0, 0.05) is 18.9 Å². The SMILES string of the molecule is CC[C@]1(C(=O)ONc2ccn([C@@H]3O[C@H](CO)[C@@H](O)[C@H]3O)c(=O)n2)CCCO1. The largest absolute Gasteiger partial charge is 0.394 e. The first-order valence-electron chi connectivity index (χ1n) is 8.75. The number of nitrogens with zero attached hydrogens (tertiary/aromatic N) is 2. The molecule has 0 spiro atoms. The van der Waals surface area contributed by atoms with Gasteiger partial charge in [0.1, 0.15) is 18.3 Å². The lowest BCUT2D eigenvalue weighted by atomic mass is 9.97. The van der Waals surface area contributed by atoms with Crippen molar-refractivity contribution >= 4 is 11.8 Å². The molecule has 3 rings (SSSR count). The van der Waals surface area contributed by atoms with Crippen molar-refractivity contribution in [3.05, 3.63) is 22.7 Å². The van der Waals surface area contributed by atoms with Crippen molar-refractivity contribution in [3.63, 3.8) is 0 Å². The maximum Gasteiger partial charge on any atom is 0.363 e. The van der Waals surface area contributed by atoms with Crippen LogP contribution < -0.4 is 11.2 Å². The molecule has 11 heteroatoms. The molecule has 0 amide bonds. The van der Waals surface area contributed by atoms with Gasteiger partial charge in [0.25, 0.3) is 0 Å². The van der Waals surface area contributed by atoms with Crippen LogP contribution in [0, 0.1) is 0 Å². The van der Waals surface area contributed by atoms with Gasteiger partial charge in [-0.15, -0.1) is 0 Å². The highest BCUT2D eigenvalue weighted by atomic mass is 16.7. The van der Waals surface area contributed by atoms with Gasteiger partial charge in [-0.05, 0) is 19.3 Å². The van der Waals surface area contributed by atoms with Gasteiger partial charge in [-0.25, -0.2) is 15.1 Å². The molecule has 0 saturated carbocycles. The highest BCUT2D eigenvalue weighted by molar-refractivity contribution is 5.80. The standard InChI is InChI=1S/C16H23N3O8/c1-2-16(5-3-7-25-16)14(23)27-18-10-4-6-19(15(24)17-10)13-12(22)11(21)9(8-20)26-13/h4,6,9,11-13,20-22H,2-3,5,7-8H2,1H3,(H,17,18,24)/t9-,11-,12-,13-,16-/m1/s1. The lowest BCUT2D eigenvalue weighted by Gasteiger charge is -2.23. The minimum Gasteiger partial charge on any atom is -0.394 e. The summed E-state index contributed by atoms with van der Waals surface area (Å²) in [6, 6.07) is 1.34. The first-order chi connectivity index (χ1) is 12.9. The van der Waals surface area contributed by atoms with E-state index in [-0.39, 0.29) is 5.82 Å². The Balaban J connectivity index is 1.67. The Morgan fingerprint density at radius 2 is 2.26 bits per heavy atom. The van der Waals surface area contributed by atoms with Crippen LogP contribution in [0.15, 0.2) is 17.1 Å². The molecule has 11 nitrogen and oxygen atoms in total. The van der Waals surface area contributed by atoms with Crippen molar-refractivity contribution in [2.75, 3.05) is 18.7 Å². The van der Waals surface area contributed by atoms with Gasteiger partial charge < -0.3 is 29.6 Å². The molecule has 0 aliphatic carbocycles. The van der Waals surface area contributed by atoms with E-state index in [0.29, 0.717) is 19.4 Å². The molecule has 2 fully saturated rings. The summed E-state index contributed by atoms with van der Waals surface area (Å²) < 4.78 is 11.8. The average Bonchev–Trinajstić information content (AvgIpc) is 3.27. The van der Waals surface area contributed by atoms with E-state index in [1.807, 2.05) is 6.92 Å². The number of aliphatic hydroxyl groups is 3. The predicted molar refractivity (Wildman–Crippen MR) is 89.4 cm³/mol. The van der Waals surface area contributed by atoms with Crippen LogP contribution in [-0.2, 0) is 19.1 Å². The Hall–Kier alpha value is -2.05. The van der Waals surface area contributed by atoms with Crippen LogP contribution in [0.4, 0.5) is 5.82 Å². The van der Waals surface area contributed by atoms with Crippen molar-refractivity contribution in [2.24, 2.45) is 0 Å². The molecule has 27 heavy (non-hydrogen) atoms. The molecule has 2 saturated heterocycles. The summed E-state index contributed by atoms with van der Waals surface area (Å²) in [5.41, 5.74) is 0.547. The summed E-state index contributed by atoms with van der Waals surface area (Å²) in [5.74, 6) is -0.600. The van der Waals surface area contributed by atoms with Gasteiger partial charge >= 0.3 is 11.7 Å². The Kier molecular flexibility index (Phi) is 5.77. The smallest absolute Gasteiger partial charge is 0.363 e. The molecule has 5 atom stereocenters. The van der Waals surface area contributed by atoms with Crippen LogP contribution in [0.25, 0.3) is 0 Å². The minimum atomic E-state index is -1.40. The number of aliphatic hydroxyl groups excluding tert-OH is 3. The van der Waals surface area contributed by atoms with E-state index in [1.165, 1.54) is 12.3 Å². The van der Waals surface area contributed by atoms with Crippen molar-refractivity contribution in [3.8, 4) is 0 Å². The van der Waals surface area contributed by atoms with Crippen molar-refractivity contribution in [2.45, 2.75) is 56.3 Å². The van der Waals surface area contributed by atoms with Crippen LogP contribution in [0.3, 0.4) is 0 Å². The normalized spacial score (nSPS) is 33.2. The number of rotatable bonds is 6. The van der Waals surface area contributed by atoms with E-state index in [1.54, 1.807) is 0 Å². The van der Waals surface area contributed by atoms with Crippen LogP contribution in [0.5, 0.6) is 0 Å². The summed E-state index contributed by atoms with van der Waals surface area (Å²) in [7, 11) is 0. The average molecular weight is 385 g/mol. The Bertz CT molecular complexity index is 733. The van der Waals surface area contributed by atoms with E-state index in [4.69, 9.17) is 19.4 Å². The van der Waals surface area contributed by atoms with Crippen LogP contribution in [-0.4, -0.2) is 68.0 Å². The van der Waals surface area contributed by atoms with Gasteiger partial charge in [-0.3, -0.25) is 4.57 Å². The lowest BCUT2D eigenvalue weighted by molar-refractivity contribution is -0.164. The van der Waals surface area contributed by atoms with Crippen LogP contribution >= 0.6 is 0 Å². The van der Waals surface area contributed by atoms with Gasteiger partial charge in [0.05, 0.1) is 6.61 Å². The molecule has 2 aliphatic heterocycles. The molecule has 0 unspecified atom stereocenters. The summed E-state index contributed by atoms with van der Waals surface area (Å²) >= 11 is 0. The third-order valence-electron chi connectivity index (χ3n) is 4.92. The van der Waals surface area contributed by atoms with E-state index in [2.05, 4.69) is 10.5 Å². The molecule has 4 N–H and O–H groups in total. The fourth-order valence-electron chi connectivity index (χ4n) is 3.25. The number of hydrogen-bond acceptors (Lipinski definition) is 10. The summed E-state index contributed by atoms with van der Waals surface area (Å²) in [5, 5.41) is 28.9. The van der Waals surface area contributed by atoms with Gasteiger partial charge in [0.15, 0.2) is 17.6 Å². The highest BCUT2D eigenvalue weighted by Crippen LogP contribution is 2.30. The maximum atomic E-state index is 12.3. The predicted octanol–water partition coefficient (Wildman–Crippen LogP) is -1.32. The second kappa shape index (κ2) is 7.90. The molecule has 150 valence electrons. The molecule has 0 bridgehead atoms. The number of nitrogens with one attached hydrogen (secondary N) is 1. The zero-order valence-corrected chi connectivity index (χ0v) is 14.8. The minimum absolute atomic E-state index is 0.0133. The fraction of sp³-hybridized carbons (Fsp3) is 0.688. The quantitative estimate of drug-likeness (QED) is 0.434. The lowest BCUT2D eigenvalue weighted by Crippen LogP contribution is -2.40. The Morgan fingerprint density at radius 3 is 2.81 bits per heavy atom. The maximum absolute atomic E-state index is 12.3. The third kappa shape index (κ3) is 3.69. The topological polar surface area (TPSA) is 152 Å². The molecule has 0 aromatic carbocycles. The van der Waals surface area contributed by atoms with Gasteiger partial charge in [-0.1, -0.05) is 6.92 Å². The van der Waals surface area contributed by atoms with Gasteiger partial charge in [-0.2, -0.15) is 4.98 Å². The third-order valence-corrected chi connectivity index (χ3v) is 4.92. The molecule has 3 heterocycles. The van der Waals surface area contributed by atoms with E-state index >= 15 is 0 Å². The molecule has 2 aliphatic rings. The first-order valence-corrected chi connectivity index (χ1v) is 8.75. The number of aromatic nitrogens is 2. The molecular formula is C16H23N3O8. The summed E-state index contributed by atoms with van der Waals surface area (Å²) in [6.07, 6.45) is -1.87. The molecule has 0 radical (unpaired) electrons. The van der Waals surface area contributed by atoms with Crippen molar-refractivity contribution < 1.29 is 34.4 Å². The Morgan fingerprint density at radius 1 is 1.48 bits per heavy atom. The van der Waals surface area contributed by atoms with E-state index < -0.39 is 48.4 Å². The number of carbonyl (C=O) groups is 1. The van der Waals surface area contributed by atoms with Crippen LogP contribution in [0.1, 0.15) is 32.4 Å². The monoisotopic (exact) mass is 385 g/mol. The zero-order chi connectivity index (χ0) is 19.6. The van der Waals surface area contributed by atoms with Crippen molar-refractivity contribution in [1.82, 2.24) is 9.55 Å². The number of ether oxygens (including phenoxy) is 2. The fourth-order valence-corrected chi connectivity index (χ4v) is 3.25. The van der Waals surface area contributed by atoms with E-state index in [0.717, 1.165) is 11.0 Å². The second-order valence-corrected chi connectivity index (χ2v) is 6.52. The summed E-state index contributed by atoms with van der Waals surface area (Å²) in [6.45, 7) is 1.81. The van der Waals surface area contributed by atoms with Gasteiger partial charge in [0.2, 0.25) is 0 Å². The highest BCUT2D eigenvalue weighted by Gasteiger charge is 2.44. The molecule has 1 aromatic rings. The summed E-state index contributed by atoms with van der Waals surface area (Å²) in [4.78, 5) is 33.2. The Labute approximate surface area is 154 Å². The number of anilines is 1. The van der Waals surface area contributed by atoms with Crippen molar-refractivity contribution in [1.29, 1.82) is 0 Å². The molecular weight excluding hydrogens is 362 g/mol. The second-order valence-electron chi connectivity index (χ2n) is 6.52. The number of hydrogen-bond donors (Lipinski definition) is 4. The van der Waals surface area contributed by atoms with Crippen LogP contribution in [0.2, 0.25) is 0 Å². The van der Waals surface area contributed by atoms with E-state index in [9.17, 15) is 19.8 Å². The first kappa shape index (κ1) is 19.7. The number of carbonyl (C=O) groups excluding carboxylic acids is 1. The zero-order valence-electron chi connectivity index (χ0n) is 14.8. The molecule has 1 aromatic heterocycles.